The first-order valence-electron chi connectivity index (χ1n) is 9.43. The van der Waals surface area contributed by atoms with Crippen LogP contribution >= 0.6 is 0 Å². The van der Waals surface area contributed by atoms with Crippen LogP contribution in [0.3, 0.4) is 0 Å². The Morgan fingerprint density at radius 1 is 1.12 bits per heavy atom. The van der Waals surface area contributed by atoms with Crippen molar-refractivity contribution >= 4 is 11.7 Å². The van der Waals surface area contributed by atoms with Crippen molar-refractivity contribution in [1.29, 1.82) is 0 Å². The van der Waals surface area contributed by atoms with E-state index in [1.165, 1.54) is 38.2 Å². The Bertz CT molecular complexity index is 496. The van der Waals surface area contributed by atoms with Crippen LogP contribution in [0.2, 0.25) is 0 Å². The predicted octanol–water partition coefficient (Wildman–Crippen LogP) is 5.35. The van der Waals surface area contributed by atoms with Crippen LogP contribution in [0, 0.1) is 0 Å². The summed E-state index contributed by atoms with van der Waals surface area (Å²) in [4.78, 5) is 11.4. The van der Waals surface area contributed by atoms with E-state index < -0.39 is 0 Å². The quantitative estimate of drug-likeness (QED) is 0.297. The second kappa shape index (κ2) is 13.3. The summed E-state index contributed by atoms with van der Waals surface area (Å²) in [7, 11) is 1.67. The molecule has 0 radical (unpaired) electrons. The lowest BCUT2D eigenvalue weighted by atomic mass is 10.0. The number of methoxy groups -OCH3 is 1. The van der Waals surface area contributed by atoms with Crippen LogP contribution < -0.4 is 10.1 Å². The van der Waals surface area contributed by atoms with Gasteiger partial charge >= 0.3 is 5.97 Å². The lowest BCUT2D eigenvalue weighted by molar-refractivity contribution is -0.137. The van der Waals surface area contributed by atoms with E-state index in [1.54, 1.807) is 7.11 Å². The zero-order chi connectivity index (χ0) is 18.3. The first kappa shape index (κ1) is 21.1. The molecule has 25 heavy (non-hydrogen) atoms. The number of carbonyl (C=O) groups is 1. The Labute approximate surface area is 152 Å². The molecule has 0 spiro atoms. The summed E-state index contributed by atoms with van der Waals surface area (Å²) in [5, 5.41) is 3.57. The van der Waals surface area contributed by atoms with Crippen molar-refractivity contribution < 1.29 is 14.3 Å². The third kappa shape index (κ3) is 9.80. The molecule has 4 nitrogen and oxygen atoms in total. The Balaban J connectivity index is 2.54. The van der Waals surface area contributed by atoms with Crippen LogP contribution in [-0.2, 0) is 9.53 Å². The number of ether oxygens (including phenoxy) is 2. The number of esters is 1. The fourth-order valence-electron chi connectivity index (χ4n) is 2.69. The van der Waals surface area contributed by atoms with Gasteiger partial charge in [0.25, 0.3) is 0 Å². The normalized spacial score (nSPS) is 12.1. The van der Waals surface area contributed by atoms with Crippen molar-refractivity contribution in [3.8, 4) is 5.75 Å². The number of rotatable bonds is 13. The molecular weight excluding hydrogens is 314 g/mol. The number of benzene rings is 1. The van der Waals surface area contributed by atoms with Crippen LogP contribution in [0.15, 0.2) is 36.4 Å². The molecule has 0 aliphatic rings. The number of nitrogens with one attached hydrogen (secondary N) is 1. The lowest BCUT2D eigenvalue weighted by Crippen LogP contribution is -2.18. The average molecular weight is 347 g/mol. The van der Waals surface area contributed by atoms with Crippen LogP contribution in [0.4, 0.5) is 5.69 Å². The molecule has 0 bridgehead atoms. The summed E-state index contributed by atoms with van der Waals surface area (Å²) in [6, 6.07) is 8.26. The summed E-state index contributed by atoms with van der Waals surface area (Å²) in [6.07, 6.45) is 11.6. The fourth-order valence-corrected chi connectivity index (χ4v) is 2.69. The molecule has 140 valence electrons. The molecule has 0 unspecified atom stereocenters. The van der Waals surface area contributed by atoms with Crippen LogP contribution in [0.5, 0.6) is 5.75 Å². The van der Waals surface area contributed by atoms with Gasteiger partial charge in [0.15, 0.2) is 0 Å². The van der Waals surface area contributed by atoms with E-state index in [0.29, 0.717) is 12.6 Å². The van der Waals surface area contributed by atoms with E-state index in [1.807, 2.05) is 37.3 Å². The van der Waals surface area contributed by atoms with E-state index in [9.17, 15) is 4.79 Å². The highest BCUT2D eigenvalue weighted by atomic mass is 16.5. The molecule has 0 aromatic heterocycles. The molecule has 0 saturated heterocycles. The minimum atomic E-state index is -0.270. The number of anilines is 1. The van der Waals surface area contributed by atoms with Gasteiger partial charge in [0, 0.05) is 17.8 Å². The van der Waals surface area contributed by atoms with Gasteiger partial charge in [0.1, 0.15) is 5.75 Å². The van der Waals surface area contributed by atoms with Gasteiger partial charge in [0.2, 0.25) is 0 Å². The number of hydrogen-bond donors (Lipinski definition) is 1. The van der Waals surface area contributed by atoms with E-state index in [0.717, 1.165) is 24.3 Å². The van der Waals surface area contributed by atoms with Crippen LogP contribution in [0.1, 0.15) is 58.8 Å². The number of unbranched alkanes of at least 4 members (excludes halogenated alkanes) is 4. The van der Waals surface area contributed by atoms with Crippen molar-refractivity contribution in [3.63, 3.8) is 0 Å². The zero-order valence-electron chi connectivity index (χ0n) is 15.9. The zero-order valence-corrected chi connectivity index (χ0v) is 15.9. The smallest absolute Gasteiger partial charge is 0.330 e. The summed E-state index contributed by atoms with van der Waals surface area (Å²) in [6.45, 7) is 4.46. The monoisotopic (exact) mass is 347 g/mol. The maximum Gasteiger partial charge on any atom is 0.330 e. The summed E-state index contributed by atoms with van der Waals surface area (Å²) < 4.78 is 10.1. The van der Waals surface area contributed by atoms with E-state index in [-0.39, 0.29) is 5.97 Å². The molecule has 0 fully saturated rings. The highest BCUT2D eigenvalue weighted by Gasteiger charge is 2.08. The molecule has 4 heteroatoms. The minimum absolute atomic E-state index is 0.270. The van der Waals surface area contributed by atoms with Crippen molar-refractivity contribution in [2.75, 3.05) is 19.0 Å². The Morgan fingerprint density at radius 3 is 2.48 bits per heavy atom. The Morgan fingerprint density at radius 2 is 1.84 bits per heavy atom. The molecular formula is C21H33NO3. The highest BCUT2D eigenvalue weighted by Crippen LogP contribution is 2.19. The molecule has 0 saturated carbocycles. The summed E-state index contributed by atoms with van der Waals surface area (Å²) >= 11 is 0. The fraction of sp³-hybridized carbons (Fsp3) is 0.571. The second-order valence-electron chi connectivity index (χ2n) is 6.16. The Hall–Kier alpha value is -1.97. The third-order valence-corrected chi connectivity index (χ3v) is 4.08. The standard InChI is InChI=1S/C21H33NO3/c1-4-6-7-8-9-11-18(12-10-13-21(23)25-5-2)22-19-14-16-20(24-3)17-15-19/h10,13-18,22H,4-9,11-12H2,1-3H3/b13-10+/t18-/m1/s1. The van der Waals surface area contributed by atoms with Gasteiger partial charge in [-0.15, -0.1) is 0 Å². The molecule has 1 aromatic rings. The molecule has 0 amide bonds. The maximum atomic E-state index is 11.4. The van der Waals surface area contributed by atoms with Crippen molar-refractivity contribution in [1.82, 2.24) is 0 Å². The van der Waals surface area contributed by atoms with Gasteiger partial charge in [-0.25, -0.2) is 4.79 Å². The van der Waals surface area contributed by atoms with Gasteiger partial charge in [-0.2, -0.15) is 0 Å². The van der Waals surface area contributed by atoms with E-state index in [4.69, 9.17) is 9.47 Å². The van der Waals surface area contributed by atoms with E-state index in [2.05, 4.69) is 12.2 Å². The second-order valence-corrected chi connectivity index (χ2v) is 6.16. The first-order valence-corrected chi connectivity index (χ1v) is 9.43. The molecule has 1 N–H and O–H groups in total. The molecule has 0 aliphatic heterocycles. The van der Waals surface area contributed by atoms with Gasteiger partial charge in [0.05, 0.1) is 13.7 Å². The summed E-state index contributed by atoms with van der Waals surface area (Å²) in [5.41, 5.74) is 1.07. The largest absolute Gasteiger partial charge is 0.497 e. The van der Waals surface area contributed by atoms with Crippen molar-refractivity contribution in [3.05, 3.63) is 36.4 Å². The third-order valence-electron chi connectivity index (χ3n) is 4.08. The maximum absolute atomic E-state index is 11.4. The van der Waals surface area contributed by atoms with Crippen molar-refractivity contribution in [2.24, 2.45) is 0 Å². The highest BCUT2D eigenvalue weighted by molar-refractivity contribution is 5.81. The first-order chi connectivity index (χ1) is 12.2. The van der Waals surface area contributed by atoms with Gasteiger partial charge in [-0.3, -0.25) is 0 Å². The Kier molecular flexibility index (Phi) is 11.2. The topological polar surface area (TPSA) is 47.6 Å². The molecule has 1 rings (SSSR count). The summed E-state index contributed by atoms with van der Waals surface area (Å²) in [5.74, 6) is 0.581. The minimum Gasteiger partial charge on any atom is -0.497 e. The molecule has 0 aliphatic carbocycles. The predicted molar refractivity (Wildman–Crippen MR) is 104 cm³/mol. The van der Waals surface area contributed by atoms with E-state index >= 15 is 0 Å². The van der Waals surface area contributed by atoms with Crippen molar-refractivity contribution in [2.45, 2.75) is 64.8 Å². The van der Waals surface area contributed by atoms with Crippen LogP contribution in [0.25, 0.3) is 0 Å². The number of hydrogen-bond acceptors (Lipinski definition) is 4. The number of carbonyl (C=O) groups excluding carboxylic acids is 1. The van der Waals surface area contributed by atoms with Gasteiger partial charge in [-0.1, -0.05) is 45.1 Å². The average Bonchev–Trinajstić information content (AvgIpc) is 2.62. The molecule has 1 aromatic carbocycles. The molecule has 1 atom stereocenters. The van der Waals surface area contributed by atoms with Crippen LogP contribution in [-0.4, -0.2) is 25.7 Å². The lowest BCUT2D eigenvalue weighted by Gasteiger charge is -2.19. The van der Waals surface area contributed by atoms with Gasteiger partial charge in [-0.05, 0) is 44.0 Å². The molecule has 0 heterocycles. The SMILES string of the molecule is CCCCCCC[C@H](C/C=C/C(=O)OCC)Nc1ccc(OC)cc1. The van der Waals surface area contributed by atoms with Gasteiger partial charge < -0.3 is 14.8 Å².